The summed E-state index contributed by atoms with van der Waals surface area (Å²) in [5, 5.41) is 12.9. The number of carbonyl (C=O) groups is 2. The van der Waals surface area contributed by atoms with Gasteiger partial charge in [0, 0.05) is 13.1 Å². The van der Waals surface area contributed by atoms with E-state index >= 15 is 0 Å². The molecule has 1 amide bonds. The fourth-order valence-electron chi connectivity index (χ4n) is 5.09. The maximum absolute atomic E-state index is 12.9. The molecule has 3 atom stereocenters. The Labute approximate surface area is 171 Å². The number of nitrogens with zero attached hydrogens (tertiary/aromatic N) is 1. The maximum Gasteiger partial charge on any atom is 0.311 e. The molecule has 1 saturated carbocycles. The first-order valence-corrected chi connectivity index (χ1v) is 10.4. The fraction of sp³-hybridized carbons (Fsp3) is 0.417. The number of nitrogens with one attached hydrogen (secondary N) is 1. The van der Waals surface area contributed by atoms with Crippen LogP contribution in [0.25, 0.3) is 0 Å². The lowest BCUT2D eigenvalue weighted by atomic mass is 9.81. The van der Waals surface area contributed by atoms with Crippen LogP contribution < -0.4 is 5.32 Å². The van der Waals surface area contributed by atoms with Gasteiger partial charge in [-0.05, 0) is 36.3 Å². The average molecular weight is 392 g/mol. The van der Waals surface area contributed by atoms with Crippen molar-refractivity contribution in [1.29, 1.82) is 0 Å². The van der Waals surface area contributed by atoms with Gasteiger partial charge in [0.05, 0.1) is 18.0 Å². The number of aliphatic carboxylic acids is 1. The van der Waals surface area contributed by atoms with Crippen molar-refractivity contribution in [3.05, 3.63) is 71.8 Å². The first-order valence-electron chi connectivity index (χ1n) is 10.4. The third-order valence-electron chi connectivity index (χ3n) is 6.55. The minimum Gasteiger partial charge on any atom is -0.481 e. The predicted molar refractivity (Wildman–Crippen MR) is 111 cm³/mol. The molecule has 5 nitrogen and oxygen atoms in total. The fourth-order valence-corrected chi connectivity index (χ4v) is 5.09. The summed E-state index contributed by atoms with van der Waals surface area (Å²) in [6, 6.07) is 20.0. The lowest BCUT2D eigenvalue weighted by molar-refractivity contribution is -0.149. The zero-order valence-electron chi connectivity index (χ0n) is 16.6. The highest BCUT2D eigenvalue weighted by Crippen LogP contribution is 2.48. The molecule has 2 aromatic rings. The summed E-state index contributed by atoms with van der Waals surface area (Å²) in [6.07, 6.45) is 3.37. The largest absolute Gasteiger partial charge is 0.481 e. The Morgan fingerprint density at radius 3 is 2.45 bits per heavy atom. The van der Waals surface area contributed by atoms with Gasteiger partial charge in [0.2, 0.25) is 5.91 Å². The van der Waals surface area contributed by atoms with Crippen molar-refractivity contribution in [3.63, 3.8) is 0 Å². The van der Waals surface area contributed by atoms with Crippen LogP contribution in [-0.2, 0) is 16.0 Å². The van der Waals surface area contributed by atoms with Crippen molar-refractivity contribution in [2.24, 2.45) is 11.3 Å². The van der Waals surface area contributed by atoms with Crippen molar-refractivity contribution in [1.82, 2.24) is 10.2 Å². The van der Waals surface area contributed by atoms with E-state index in [0.717, 1.165) is 31.2 Å². The van der Waals surface area contributed by atoms with E-state index < -0.39 is 11.4 Å². The Balaban J connectivity index is 1.43. The molecule has 29 heavy (non-hydrogen) atoms. The lowest BCUT2D eigenvalue weighted by Gasteiger charge is -2.24. The molecule has 1 saturated heterocycles. The van der Waals surface area contributed by atoms with Gasteiger partial charge in [0.1, 0.15) is 0 Å². The number of rotatable bonds is 7. The summed E-state index contributed by atoms with van der Waals surface area (Å²) >= 11 is 0. The van der Waals surface area contributed by atoms with Crippen molar-refractivity contribution in [3.8, 4) is 0 Å². The van der Waals surface area contributed by atoms with Crippen LogP contribution in [0.4, 0.5) is 0 Å². The highest BCUT2D eigenvalue weighted by Gasteiger charge is 2.54. The van der Waals surface area contributed by atoms with Crippen LogP contribution in [0.15, 0.2) is 60.7 Å². The molecule has 1 aliphatic heterocycles. The standard InChI is InChI=1S/C24H28N2O3/c27-22(16-26-15-20-12-7-13-24(20,17-26)23(28)29)25-21(19-10-5-2-6-11-19)14-18-8-3-1-4-9-18/h1-6,8-11,20-21H,7,12-17H2,(H,25,27)(H,28,29)/t20-,21?,24+/m0/s1. The van der Waals surface area contributed by atoms with E-state index in [9.17, 15) is 14.7 Å². The van der Waals surface area contributed by atoms with Crippen molar-refractivity contribution in [2.45, 2.75) is 31.7 Å². The first kappa shape index (κ1) is 19.6. The van der Waals surface area contributed by atoms with Crippen LogP contribution in [0.3, 0.4) is 0 Å². The quantitative estimate of drug-likeness (QED) is 0.759. The van der Waals surface area contributed by atoms with Gasteiger partial charge in [-0.1, -0.05) is 67.1 Å². The first-order chi connectivity index (χ1) is 14.1. The van der Waals surface area contributed by atoms with E-state index in [2.05, 4.69) is 17.4 Å². The number of likely N-dealkylation sites (tertiary alicyclic amines) is 1. The van der Waals surface area contributed by atoms with Gasteiger partial charge in [0.25, 0.3) is 0 Å². The Morgan fingerprint density at radius 1 is 1.10 bits per heavy atom. The van der Waals surface area contributed by atoms with Gasteiger partial charge >= 0.3 is 5.97 Å². The van der Waals surface area contributed by atoms with Crippen molar-refractivity contribution in [2.75, 3.05) is 19.6 Å². The van der Waals surface area contributed by atoms with E-state index in [4.69, 9.17) is 0 Å². The minimum absolute atomic E-state index is 0.0460. The van der Waals surface area contributed by atoms with Crippen LogP contribution in [0, 0.1) is 11.3 Å². The molecule has 1 aliphatic carbocycles. The smallest absolute Gasteiger partial charge is 0.311 e. The summed E-state index contributed by atoms with van der Waals surface area (Å²) < 4.78 is 0. The normalized spacial score (nSPS) is 24.8. The number of benzene rings is 2. The summed E-state index contributed by atoms with van der Waals surface area (Å²) in [5.41, 5.74) is 1.59. The Hall–Kier alpha value is -2.66. The number of carboxylic acids is 1. The highest BCUT2D eigenvalue weighted by molar-refractivity contribution is 5.80. The van der Waals surface area contributed by atoms with Crippen LogP contribution >= 0.6 is 0 Å². The molecule has 152 valence electrons. The summed E-state index contributed by atoms with van der Waals surface area (Å²) in [6.45, 7) is 1.44. The highest BCUT2D eigenvalue weighted by atomic mass is 16.4. The van der Waals surface area contributed by atoms with Gasteiger partial charge in [-0.2, -0.15) is 0 Å². The molecule has 4 rings (SSSR count). The van der Waals surface area contributed by atoms with Crippen molar-refractivity contribution >= 4 is 11.9 Å². The van der Waals surface area contributed by atoms with Crippen LogP contribution in [0.5, 0.6) is 0 Å². The third-order valence-corrected chi connectivity index (χ3v) is 6.55. The zero-order valence-corrected chi connectivity index (χ0v) is 16.6. The molecule has 2 fully saturated rings. The van der Waals surface area contributed by atoms with Crippen molar-refractivity contribution < 1.29 is 14.7 Å². The Morgan fingerprint density at radius 2 is 1.79 bits per heavy atom. The van der Waals surface area contributed by atoms with E-state index in [-0.39, 0.29) is 24.4 Å². The van der Waals surface area contributed by atoms with Gasteiger partial charge in [-0.25, -0.2) is 0 Å². The Kier molecular flexibility index (Phi) is 5.67. The minimum atomic E-state index is -0.700. The van der Waals surface area contributed by atoms with Gasteiger partial charge in [-0.15, -0.1) is 0 Å². The number of hydrogen-bond acceptors (Lipinski definition) is 3. The van der Waals surface area contributed by atoms with Crippen LogP contribution in [0.2, 0.25) is 0 Å². The SMILES string of the molecule is O=C(CN1C[C@@H]2CCC[C@@]2(C(=O)O)C1)NC(Cc1ccccc1)c1ccccc1. The molecular formula is C24H28N2O3. The molecule has 0 spiro atoms. The van der Waals surface area contributed by atoms with Gasteiger partial charge < -0.3 is 10.4 Å². The summed E-state index contributed by atoms with van der Waals surface area (Å²) in [7, 11) is 0. The van der Waals surface area contributed by atoms with Gasteiger partial charge in [0.15, 0.2) is 0 Å². The number of carboxylic acid groups (broad SMARTS) is 1. The molecular weight excluding hydrogens is 364 g/mol. The summed E-state index contributed by atoms with van der Waals surface area (Å²) in [4.78, 5) is 26.8. The van der Waals surface area contributed by atoms with E-state index in [1.165, 1.54) is 5.56 Å². The third kappa shape index (κ3) is 4.20. The van der Waals surface area contributed by atoms with E-state index in [1.54, 1.807) is 0 Å². The number of amides is 1. The second-order valence-corrected chi connectivity index (χ2v) is 8.44. The summed E-state index contributed by atoms with van der Waals surface area (Å²) in [5.74, 6) is -0.577. The van der Waals surface area contributed by atoms with Gasteiger partial charge in [-0.3, -0.25) is 14.5 Å². The topological polar surface area (TPSA) is 69.6 Å². The van der Waals surface area contributed by atoms with E-state index in [0.29, 0.717) is 13.1 Å². The molecule has 5 heteroatoms. The maximum atomic E-state index is 12.9. The monoisotopic (exact) mass is 392 g/mol. The molecule has 2 aliphatic rings. The molecule has 1 heterocycles. The molecule has 0 aromatic heterocycles. The molecule has 2 aromatic carbocycles. The molecule has 0 radical (unpaired) electrons. The number of hydrogen-bond donors (Lipinski definition) is 2. The van der Waals surface area contributed by atoms with Crippen LogP contribution in [0.1, 0.15) is 36.4 Å². The molecule has 2 N–H and O–H groups in total. The number of carbonyl (C=O) groups excluding carboxylic acids is 1. The average Bonchev–Trinajstić information content (AvgIpc) is 3.27. The second kappa shape index (κ2) is 8.37. The molecule has 0 bridgehead atoms. The predicted octanol–water partition coefficient (Wildman–Crippen LogP) is 3.27. The molecule has 1 unspecified atom stereocenters. The lowest BCUT2D eigenvalue weighted by Crippen LogP contribution is -2.40. The zero-order chi connectivity index (χ0) is 20.3. The second-order valence-electron chi connectivity index (χ2n) is 8.44. The Bertz CT molecular complexity index is 855. The number of fused-ring (bicyclic) bond motifs is 1. The van der Waals surface area contributed by atoms with E-state index in [1.807, 2.05) is 53.4 Å². The van der Waals surface area contributed by atoms with Crippen LogP contribution in [-0.4, -0.2) is 41.5 Å².